The van der Waals surface area contributed by atoms with Gasteiger partial charge in [0, 0.05) is 0 Å². The number of aromatic nitrogens is 2. The summed E-state index contributed by atoms with van der Waals surface area (Å²) < 4.78 is 63.4. The molecule has 0 unspecified atom stereocenters. The summed E-state index contributed by atoms with van der Waals surface area (Å²) in [5, 5.41) is 2.99. The van der Waals surface area contributed by atoms with Crippen molar-refractivity contribution in [3.8, 4) is 5.88 Å². The molecular formula is C6H4F5N2O. The Hall–Kier alpha value is -1.34. The van der Waals surface area contributed by atoms with E-state index in [1.54, 1.807) is 6.20 Å². The Morgan fingerprint density at radius 1 is 1.36 bits per heavy atom. The highest BCUT2D eigenvalue weighted by Crippen LogP contribution is 2.19. The topological polar surface area (TPSA) is 27.1 Å². The summed E-state index contributed by atoms with van der Waals surface area (Å²) in [7, 11) is 0. The van der Waals surface area contributed by atoms with E-state index in [-0.39, 0.29) is 4.68 Å². The maximum absolute atomic E-state index is 12.6. The van der Waals surface area contributed by atoms with Gasteiger partial charge < -0.3 is 4.74 Å². The Kier molecular flexibility index (Phi) is 3.26. The van der Waals surface area contributed by atoms with Crippen LogP contribution in [0.4, 0.5) is 22.0 Å². The number of nitrogens with zero attached hydrogens (tertiary/aromatic N) is 2. The number of hydrogen-bond acceptors (Lipinski definition) is 2. The number of alkyl halides is 4. The minimum atomic E-state index is -3.30. The first-order valence-electron chi connectivity index (χ1n) is 3.37. The van der Waals surface area contributed by atoms with Crippen molar-refractivity contribution in [2.45, 2.75) is 19.6 Å². The second-order valence-corrected chi connectivity index (χ2v) is 2.18. The van der Waals surface area contributed by atoms with Gasteiger partial charge in [0.2, 0.25) is 5.82 Å². The van der Waals surface area contributed by atoms with Crippen LogP contribution >= 0.6 is 0 Å². The van der Waals surface area contributed by atoms with Gasteiger partial charge in [-0.05, 0) is 0 Å². The van der Waals surface area contributed by atoms with Crippen LogP contribution in [-0.4, -0.2) is 22.8 Å². The van der Waals surface area contributed by atoms with Crippen molar-refractivity contribution in [2.75, 3.05) is 0 Å². The molecule has 0 N–H and O–H groups in total. The van der Waals surface area contributed by atoms with E-state index in [0.717, 1.165) is 0 Å². The molecule has 0 saturated heterocycles. The van der Waals surface area contributed by atoms with Crippen LogP contribution < -0.4 is 4.74 Å². The molecule has 1 rings (SSSR count). The van der Waals surface area contributed by atoms with Crippen molar-refractivity contribution < 1.29 is 26.7 Å². The van der Waals surface area contributed by atoms with Gasteiger partial charge in [-0.15, -0.1) is 0 Å². The van der Waals surface area contributed by atoms with Crippen molar-refractivity contribution in [2.24, 2.45) is 0 Å². The molecular weight excluding hydrogens is 211 g/mol. The van der Waals surface area contributed by atoms with Gasteiger partial charge in [-0.1, -0.05) is 0 Å². The molecule has 0 aliphatic rings. The molecule has 14 heavy (non-hydrogen) atoms. The molecule has 8 heteroatoms. The monoisotopic (exact) mass is 215 g/mol. The highest BCUT2D eigenvalue weighted by Gasteiger charge is 2.19. The van der Waals surface area contributed by atoms with Crippen molar-refractivity contribution in [1.82, 2.24) is 9.78 Å². The van der Waals surface area contributed by atoms with Crippen LogP contribution in [0, 0.1) is 12.0 Å². The SMILES string of the molecule is Fc1[c]nn(CC(F)F)c1OC(F)F. The largest absolute Gasteiger partial charge is 0.414 e. The van der Waals surface area contributed by atoms with Crippen molar-refractivity contribution in [1.29, 1.82) is 0 Å². The Morgan fingerprint density at radius 3 is 2.50 bits per heavy atom. The van der Waals surface area contributed by atoms with Gasteiger partial charge in [-0.25, -0.2) is 13.5 Å². The molecule has 1 aromatic rings. The van der Waals surface area contributed by atoms with Crippen LogP contribution in [0.25, 0.3) is 0 Å². The molecule has 1 heterocycles. The first-order valence-corrected chi connectivity index (χ1v) is 3.37. The maximum atomic E-state index is 12.6. The molecule has 0 aliphatic heterocycles. The van der Waals surface area contributed by atoms with Gasteiger partial charge in [-0.2, -0.15) is 18.3 Å². The van der Waals surface area contributed by atoms with Gasteiger partial charge in [0.25, 0.3) is 12.3 Å². The van der Waals surface area contributed by atoms with Crippen molar-refractivity contribution >= 4 is 0 Å². The van der Waals surface area contributed by atoms with Crippen LogP contribution in [0.3, 0.4) is 0 Å². The molecule has 1 radical (unpaired) electrons. The van der Waals surface area contributed by atoms with Gasteiger partial charge >= 0.3 is 6.61 Å². The number of ether oxygens (including phenoxy) is 1. The van der Waals surface area contributed by atoms with E-state index >= 15 is 0 Å². The highest BCUT2D eigenvalue weighted by atomic mass is 19.3. The standard InChI is InChI=1S/C6H4F5N2O/c7-3-1-12-13(2-4(8)9)5(3)14-6(10)11/h4,6H,2H2. The summed E-state index contributed by atoms with van der Waals surface area (Å²) in [5.41, 5.74) is 0. The van der Waals surface area contributed by atoms with E-state index in [1.807, 2.05) is 0 Å². The predicted octanol–water partition coefficient (Wildman–Crippen LogP) is 1.69. The second kappa shape index (κ2) is 4.25. The normalized spacial score (nSPS) is 11.4. The maximum Gasteiger partial charge on any atom is 0.388 e. The average molecular weight is 215 g/mol. The minimum Gasteiger partial charge on any atom is -0.414 e. The quantitative estimate of drug-likeness (QED) is 0.714. The summed E-state index contributed by atoms with van der Waals surface area (Å²) in [4.78, 5) is 0. The lowest BCUT2D eigenvalue weighted by atomic mass is 10.6. The molecule has 0 aromatic carbocycles. The first-order chi connectivity index (χ1) is 6.50. The number of halogens is 5. The van der Waals surface area contributed by atoms with Crippen LogP contribution in [0.1, 0.15) is 0 Å². The van der Waals surface area contributed by atoms with E-state index in [2.05, 4.69) is 9.84 Å². The van der Waals surface area contributed by atoms with E-state index in [9.17, 15) is 22.0 Å². The molecule has 0 aliphatic carbocycles. The summed E-state index contributed by atoms with van der Waals surface area (Å²) >= 11 is 0. The van der Waals surface area contributed by atoms with E-state index < -0.39 is 31.3 Å². The molecule has 0 saturated carbocycles. The van der Waals surface area contributed by atoms with E-state index in [0.29, 0.717) is 0 Å². The fourth-order valence-electron chi connectivity index (χ4n) is 0.762. The Morgan fingerprint density at radius 2 is 2.00 bits per heavy atom. The molecule has 3 nitrogen and oxygen atoms in total. The third-order valence-corrected chi connectivity index (χ3v) is 1.20. The Labute approximate surface area is 75.1 Å². The first kappa shape index (κ1) is 10.7. The summed E-state index contributed by atoms with van der Waals surface area (Å²) in [6, 6.07) is 0. The predicted molar refractivity (Wildman–Crippen MR) is 33.7 cm³/mol. The summed E-state index contributed by atoms with van der Waals surface area (Å²) in [6.07, 6.45) is -1.24. The summed E-state index contributed by atoms with van der Waals surface area (Å²) in [6.45, 7) is -4.33. The zero-order chi connectivity index (χ0) is 10.7. The smallest absolute Gasteiger partial charge is 0.388 e. The van der Waals surface area contributed by atoms with Gasteiger partial charge in [0.1, 0.15) is 6.54 Å². The molecule has 0 fully saturated rings. The van der Waals surface area contributed by atoms with Crippen molar-refractivity contribution in [3.05, 3.63) is 12.0 Å². The number of hydrogen-bond donors (Lipinski definition) is 0. The molecule has 1 aromatic heterocycles. The van der Waals surface area contributed by atoms with E-state index in [4.69, 9.17) is 0 Å². The van der Waals surface area contributed by atoms with Gasteiger partial charge in [0.05, 0.1) is 0 Å². The summed E-state index contributed by atoms with van der Waals surface area (Å²) in [5.74, 6) is -2.37. The average Bonchev–Trinajstić information content (AvgIpc) is 2.34. The second-order valence-electron chi connectivity index (χ2n) is 2.18. The molecule has 79 valence electrons. The lowest BCUT2D eigenvalue weighted by Crippen LogP contribution is -2.13. The Balaban J connectivity index is 2.82. The van der Waals surface area contributed by atoms with Gasteiger partial charge in [0.15, 0.2) is 6.20 Å². The zero-order valence-corrected chi connectivity index (χ0v) is 6.55. The van der Waals surface area contributed by atoms with Crippen LogP contribution in [0.2, 0.25) is 0 Å². The van der Waals surface area contributed by atoms with E-state index in [1.165, 1.54) is 0 Å². The lowest BCUT2D eigenvalue weighted by Gasteiger charge is -2.07. The fourth-order valence-corrected chi connectivity index (χ4v) is 0.762. The fraction of sp³-hybridized carbons (Fsp3) is 0.500. The molecule has 0 atom stereocenters. The third-order valence-electron chi connectivity index (χ3n) is 1.20. The molecule has 0 amide bonds. The van der Waals surface area contributed by atoms with Crippen LogP contribution in [-0.2, 0) is 6.54 Å². The highest BCUT2D eigenvalue weighted by molar-refractivity contribution is 5.10. The molecule has 0 bridgehead atoms. The van der Waals surface area contributed by atoms with Crippen LogP contribution in [0.15, 0.2) is 0 Å². The van der Waals surface area contributed by atoms with Crippen LogP contribution in [0.5, 0.6) is 5.88 Å². The third kappa shape index (κ3) is 2.57. The molecule has 0 spiro atoms. The van der Waals surface area contributed by atoms with Crippen molar-refractivity contribution in [3.63, 3.8) is 0 Å². The zero-order valence-electron chi connectivity index (χ0n) is 6.55. The lowest BCUT2D eigenvalue weighted by molar-refractivity contribution is -0.0597. The van der Waals surface area contributed by atoms with Gasteiger partial charge in [-0.3, -0.25) is 0 Å². The minimum absolute atomic E-state index is 0.284. The Bertz CT molecular complexity index is 300. The number of rotatable bonds is 4.